The molecule has 2 heterocycles. The van der Waals surface area contributed by atoms with Crippen molar-refractivity contribution in [1.82, 2.24) is 10.6 Å². The summed E-state index contributed by atoms with van der Waals surface area (Å²) in [6, 6.07) is -0.666. The van der Waals surface area contributed by atoms with E-state index in [-0.39, 0.29) is 44.5 Å². The van der Waals surface area contributed by atoms with Crippen LogP contribution in [0.25, 0.3) is 0 Å². The Kier molecular flexibility index (Phi) is 15.6. The highest BCUT2D eigenvalue weighted by Crippen LogP contribution is 2.49. The lowest BCUT2D eigenvalue weighted by Gasteiger charge is -2.42. The zero-order valence-corrected chi connectivity index (χ0v) is 25.8. The second kappa shape index (κ2) is 18.6. The third kappa shape index (κ3) is 10.1. The molecule has 0 aromatic rings. The molecular formula is C29H50N2O15. The maximum absolute atomic E-state index is 12.2. The Morgan fingerprint density at radius 3 is 2.22 bits per heavy atom. The molecule has 10 N–H and O–H groups in total. The third-order valence-corrected chi connectivity index (χ3v) is 8.74. The highest BCUT2D eigenvalue weighted by atomic mass is 16.7. The Hall–Kier alpha value is -1.87. The fourth-order valence-corrected chi connectivity index (χ4v) is 5.81. The van der Waals surface area contributed by atoms with E-state index in [0.717, 1.165) is 0 Å². The number of unbranched alkanes of at least 4 members (excludes halogenated alkanes) is 3. The maximum Gasteiger partial charge on any atom is 0.220 e. The fourth-order valence-electron chi connectivity index (χ4n) is 5.81. The first-order valence-electron chi connectivity index (χ1n) is 15.9. The first kappa shape index (κ1) is 38.6. The minimum absolute atomic E-state index is 0.0845. The van der Waals surface area contributed by atoms with Crippen LogP contribution in [-0.2, 0) is 33.3 Å². The number of carbonyl (C=O) groups excluding carboxylic acids is 3. The second-order valence-corrected chi connectivity index (χ2v) is 12.1. The van der Waals surface area contributed by atoms with Crippen LogP contribution >= 0.6 is 0 Å². The molecule has 46 heavy (non-hydrogen) atoms. The zero-order valence-electron chi connectivity index (χ0n) is 25.8. The predicted octanol–water partition coefficient (Wildman–Crippen LogP) is -3.86. The number of ether oxygens (including phenoxy) is 4. The summed E-state index contributed by atoms with van der Waals surface area (Å²) >= 11 is 0. The quantitative estimate of drug-likeness (QED) is 0.0319. The molecule has 1 saturated carbocycles. The number of hydrogen-bond donors (Lipinski definition) is 10. The lowest BCUT2D eigenvalue weighted by atomic mass is 9.95. The molecule has 2 amide bonds. The van der Waals surface area contributed by atoms with E-state index in [1.165, 1.54) is 0 Å². The highest BCUT2D eigenvalue weighted by Gasteiger charge is 2.67. The molecule has 0 spiro atoms. The summed E-state index contributed by atoms with van der Waals surface area (Å²) in [5.41, 5.74) is 0. The number of carbonyl (C=O) groups is 3. The molecule has 3 rings (SSSR count). The summed E-state index contributed by atoms with van der Waals surface area (Å²) in [4.78, 5) is 35.7. The Bertz CT molecular complexity index is 960. The van der Waals surface area contributed by atoms with Gasteiger partial charge in [-0.05, 0) is 44.9 Å². The number of nitrogens with one attached hydrogen (secondary N) is 2. The van der Waals surface area contributed by atoms with Crippen molar-refractivity contribution in [3.63, 3.8) is 0 Å². The summed E-state index contributed by atoms with van der Waals surface area (Å²) in [6.07, 6.45) is -6.58. The van der Waals surface area contributed by atoms with Gasteiger partial charge in [0.05, 0.1) is 37.2 Å². The molecule has 266 valence electrons. The van der Waals surface area contributed by atoms with Crippen LogP contribution in [0.2, 0.25) is 0 Å². The van der Waals surface area contributed by atoms with Gasteiger partial charge in [0.1, 0.15) is 36.8 Å². The zero-order chi connectivity index (χ0) is 33.9. The minimum Gasteiger partial charge on any atom is -0.394 e. The molecule has 17 nitrogen and oxygen atoms in total. The van der Waals surface area contributed by atoms with Gasteiger partial charge < -0.3 is 75.2 Å². The van der Waals surface area contributed by atoms with Crippen LogP contribution in [0.15, 0.2) is 0 Å². The van der Waals surface area contributed by atoms with Crippen LogP contribution in [0.1, 0.15) is 57.8 Å². The first-order valence-corrected chi connectivity index (χ1v) is 15.9. The van der Waals surface area contributed by atoms with Crippen LogP contribution < -0.4 is 10.6 Å². The van der Waals surface area contributed by atoms with Crippen molar-refractivity contribution in [2.45, 2.75) is 119 Å². The molecule has 0 bridgehead atoms. The Balaban J connectivity index is 1.16. The smallest absolute Gasteiger partial charge is 0.220 e. The molecule has 0 aromatic heterocycles. The number of rotatable bonds is 21. The van der Waals surface area contributed by atoms with Crippen molar-refractivity contribution in [2.75, 3.05) is 33.0 Å². The van der Waals surface area contributed by atoms with Crippen molar-refractivity contribution in [3.05, 3.63) is 0 Å². The van der Waals surface area contributed by atoms with Crippen LogP contribution in [0.3, 0.4) is 0 Å². The summed E-state index contributed by atoms with van der Waals surface area (Å²) in [5, 5.41) is 84.9. The molecule has 3 aliphatic rings. The molecule has 2 saturated heterocycles. The average Bonchev–Trinajstić information content (AvgIpc) is 3.14. The normalized spacial score (nSPS) is 35.1. The van der Waals surface area contributed by atoms with Gasteiger partial charge in [-0.25, -0.2) is 0 Å². The van der Waals surface area contributed by atoms with Crippen molar-refractivity contribution in [1.29, 1.82) is 0 Å². The van der Waals surface area contributed by atoms with Gasteiger partial charge in [-0.1, -0.05) is 0 Å². The number of aldehydes is 1. The van der Waals surface area contributed by atoms with E-state index in [9.17, 15) is 55.2 Å². The van der Waals surface area contributed by atoms with Gasteiger partial charge in [-0.3, -0.25) is 9.59 Å². The van der Waals surface area contributed by atoms with Crippen molar-refractivity contribution < 1.29 is 74.2 Å². The third-order valence-electron chi connectivity index (χ3n) is 8.74. The van der Waals surface area contributed by atoms with E-state index < -0.39 is 79.5 Å². The average molecular weight is 667 g/mol. The van der Waals surface area contributed by atoms with E-state index >= 15 is 0 Å². The van der Waals surface area contributed by atoms with Gasteiger partial charge in [0, 0.05) is 32.6 Å². The first-order chi connectivity index (χ1) is 21.9. The second-order valence-electron chi connectivity index (χ2n) is 12.1. The Labute approximate surface area is 266 Å². The Morgan fingerprint density at radius 1 is 0.913 bits per heavy atom. The lowest BCUT2D eigenvalue weighted by molar-refractivity contribution is -0.350. The van der Waals surface area contributed by atoms with Crippen molar-refractivity contribution >= 4 is 18.1 Å². The van der Waals surface area contributed by atoms with Crippen molar-refractivity contribution in [3.8, 4) is 0 Å². The molecule has 0 radical (unpaired) electrons. The summed E-state index contributed by atoms with van der Waals surface area (Å²) in [5.74, 6) is -4.14. The largest absolute Gasteiger partial charge is 0.394 e. The number of fused-ring (bicyclic) bond motifs is 1. The minimum atomic E-state index is -1.86. The van der Waals surface area contributed by atoms with Gasteiger partial charge in [-0.2, -0.15) is 0 Å². The molecule has 1 aliphatic carbocycles. The van der Waals surface area contributed by atoms with Crippen LogP contribution in [0.5, 0.6) is 0 Å². The van der Waals surface area contributed by atoms with E-state index in [1.54, 1.807) is 0 Å². The summed E-state index contributed by atoms with van der Waals surface area (Å²) in [7, 11) is 0. The standard InChI is InChI=1S/C29H50N2O15/c32-13-16(31-20(35)9-3-6-12-44-28-25(39)24(38)23(37)18(14-33)46-28)7-1-4-10-30-19(34)8-2-5-11-43-27(41)21-22(36)17-15-45-29(17,42)26(21)40/h13,16-18,21-28,33,36-42H,1-12,14-15H2,(H,30,34)(H,31,35)/t16-,17?,18?,21?,22?,23?,24?,25?,26?,27?,28?,29?/m1/s1. The molecular weight excluding hydrogens is 616 g/mol. The fraction of sp³-hybridized carbons (Fsp3) is 0.897. The number of aliphatic hydroxyl groups is 8. The van der Waals surface area contributed by atoms with Crippen LogP contribution in [-0.4, -0.2) is 153 Å². The van der Waals surface area contributed by atoms with Gasteiger partial charge in [0.15, 0.2) is 18.4 Å². The Morgan fingerprint density at radius 2 is 1.61 bits per heavy atom. The summed E-state index contributed by atoms with van der Waals surface area (Å²) in [6.45, 7) is 0.0970. The van der Waals surface area contributed by atoms with Crippen molar-refractivity contribution in [2.24, 2.45) is 11.8 Å². The number of aliphatic hydroxyl groups excluding tert-OH is 7. The number of amides is 2. The van der Waals surface area contributed by atoms with E-state index in [0.29, 0.717) is 57.8 Å². The number of hydrogen-bond acceptors (Lipinski definition) is 15. The van der Waals surface area contributed by atoms with Gasteiger partial charge in [0.25, 0.3) is 0 Å². The highest BCUT2D eigenvalue weighted by molar-refractivity contribution is 5.79. The maximum atomic E-state index is 12.2. The van der Waals surface area contributed by atoms with Crippen LogP contribution in [0, 0.1) is 11.8 Å². The molecule has 3 fully saturated rings. The predicted molar refractivity (Wildman–Crippen MR) is 154 cm³/mol. The summed E-state index contributed by atoms with van der Waals surface area (Å²) < 4.78 is 20.9. The van der Waals surface area contributed by atoms with E-state index in [4.69, 9.17) is 18.9 Å². The molecule has 0 aromatic carbocycles. The monoisotopic (exact) mass is 666 g/mol. The lowest BCUT2D eigenvalue weighted by Crippen LogP contribution is -2.59. The SMILES string of the molecule is O=C[C@@H](CCCCNC(=O)CCCCOC(O)C1C(O)C2COC2(O)C1O)NC(=O)CCCCOC1OC(CO)C(O)C(O)C1O. The topological polar surface area (TPSA) is 274 Å². The van der Waals surface area contributed by atoms with Gasteiger partial charge in [0.2, 0.25) is 11.8 Å². The van der Waals surface area contributed by atoms with E-state index in [2.05, 4.69) is 10.6 Å². The van der Waals surface area contributed by atoms with Gasteiger partial charge >= 0.3 is 0 Å². The molecule has 17 heteroatoms. The van der Waals surface area contributed by atoms with Crippen LogP contribution in [0.4, 0.5) is 0 Å². The van der Waals surface area contributed by atoms with Gasteiger partial charge in [-0.15, -0.1) is 0 Å². The van der Waals surface area contributed by atoms with E-state index in [1.807, 2.05) is 0 Å². The molecule has 11 unspecified atom stereocenters. The molecule has 12 atom stereocenters. The molecule has 2 aliphatic heterocycles.